The minimum Gasteiger partial charge on any atom is -0.490 e. The number of fused-ring (bicyclic) bond motifs is 2. The van der Waals surface area contributed by atoms with Gasteiger partial charge in [0.1, 0.15) is 12.4 Å². The second-order valence-corrected chi connectivity index (χ2v) is 7.13. The van der Waals surface area contributed by atoms with Crippen molar-refractivity contribution in [1.82, 2.24) is 14.7 Å². The molecule has 1 amide bonds. The molecule has 2 aromatic rings. The highest BCUT2D eigenvalue weighted by molar-refractivity contribution is 5.96. The molecule has 4 rings (SSSR count). The lowest BCUT2D eigenvalue weighted by Crippen LogP contribution is -2.44. The Hall–Kier alpha value is -2.38. The monoisotopic (exact) mass is 370 g/mol. The van der Waals surface area contributed by atoms with Crippen molar-refractivity contribution in [3.05, 3.63) is 41.7 Å². The number of aliphatic hydroxyl groups excluding tert-OH is 1. The minimum absolute atomic E-state index is 0.0903. The van der Waals surface area contributed by atoms with Gasteiger partial charge in [-0.25, -0.2) is 0 Å². The highest BCUT2D eigenvalue weighted by atomic mass is 16.5. The number of aliphatic hydroxyl groups is 1. The van der Waals surface area contributed by atoms with Crippen LogP contribution in [0, 0.1) is 0 Å². The molecular formula is C20H26N4O3. The molecule has 1 atom stereocenters. The maximum absolute atomic E-state index is 13.0. The number of hydrogen-bond acceptors (Lipinski definition) is 5. The molecule has 27 heavy (non-hydrogen) atoms. The summed E-state index contributed by atoms with van der Waals surface area (Å²) >= 11 is 0. The zero-order chi connectivity index (χ0) is 18.8. The van der Waals surface area contributed by atoms with E-state index in [1.54, 1.807) is 0 Å². The van der Waals surface area contributed by atoms with Crippen molar-refractivity contribution in [2.45, 2.75) is 39.0 Å². The molecule has 0 unspecified atom stereocenters. The predicted octanol–water partition coefficient (Wildman–Crippen LogP) is 1.96. The van der Waals surface area contributed by atoms with E-state index in [2.05, 4.69) is 10.00 Å². The molecular weight excluding hydrogens is 344 g/mol. The van der Waals surface area contributed by atoms with E-state index in [0.29, 0.717) is 32.7 Å². The van der Waals surface area contributed by atoms with E-state index in [1.165, 1.54) is 0 Å². The van der Waals surface area contributed by atoms with Gasteiger partial charge in [0.2, 0.25) is 5.91 Å². The van der Waals surface area contributed by atoms with Gasteiger partial charge >= 0.3 is 0 Å². The molecule has 0 aliphatic carbocycles. The summed E-state index contributed by atoms with van der Waals surface area (Å²) in [6.07, 6.45) is 1.06. The Kier molecular flexibility index (Phi) is 5.13. The molecule has 2 aliphatic heterocycles. The van der Waals surface area contributed by atoms with Crippen LogP contribution < -0.4 is 9.64 Å². The molecule has 0 saturated carbocycles. The minimum atomic E-state index is -0.524. The van der Waals surface area contributed by atoms with Gasteiger partial charge in [-0.3, -0.25) is 14.4 Å². The number of aromatic nitrogens is 2. The highest BCUT2D eigenvalue weighted by Crippen LogP contribution is 2.31. The number of benzene rings is 1. The van der Waals surface area contributed by atoms with Crippen LogP contribution >= 0.6 is 0 Å². The first-order chi connectivity index (χ1) is 13.2. The average Bonchev–Trinajstić information content (AvgIpc) is 3.00. The lowest BCUT2D eigenvalue weighted by atomic mass is 10.2. The number of hydrogen-bond donors (Lipinski definition) is 1. The van der Waals surface area contributed by atoms with Gasteiger partial charge in [0.05, 0.1) is 36.3 Å². The van der Waals surface area contributed by atoms with E-state index in [9.17, 15) is 9.90 Å². The molecule has 7 heteroatoms. The second-order valence-electron chi connectivity index (χ2n) is 7.13. The third-order valence-electron chi connectivity index (χ3n) is 5.23. The van der Waals surface area contributed by atoms with Gasteiger partial charge in [0, 0.05) is 19.6 Å². The normalized spacial score (nSPS) is 18.2. The van der Waals surface area contributed by atoms with Gasteiger partial charge in [-0.15, -0.1) is 0 Å². The maximum atomic E-state index is 13.0. The number of amides is 1. The molecule has 7 nitrogen and oxygen atoms in total. The van der Waals surface area contributed by atoms with Crippen molar-refractivity contribution < 1.29 is 14.6 Å². The number of ether oxygens (including phenoxy) is 1. The van der Waals surface area contributed by atoms with Crippen LogP contribution in [0.2, 0.25) is 0 Å². The summed E-state index contributed by atoms with van der Waals surface area (Å²) < 4.78 is 7.63. The third kappa shape index (κ3) is 3.70. The molecule has 0 spiro atoms. The average molecular weight is 370 g/mol. The highest BCUT2D eigenvalue weighted by Gasteiger charge is 2.26. The maximum Gasteiger partial charge on any atom is 0.241 e. The summed E-state index contributed by atoms with van der Waals surface area (Å²) in [7, 11) is 0. The summed E-state index contributed by atoms with van der Waals surface area (Å²) in [4.78, 5) is 17.0. The largest absolute Gasteiger partial charge is 0.490 e. The standard InChI is InChI=1S/C20H26N4O3/c1-2-18(25)16-12-15-13-22(8-5-9-24(15)21-16)14-20(26)23-10-11-27-19-7-4-3-6-17(19)23/h3-4,6-7,12,18,25H,2,5,8-11,13-14H2,1H3/t18-/m1/s1. The molecule has 0 fully saturated rings. The molecule has 2 aliphatic rings. The van der Waals surface area contributed by atoms with Crippen molar-refractivity contribution >= 4 is 11.6 Å². The van der Waals surface area contributed by atoms with Gasteiger partial charge in [0.25, 0.3) is 0 Å². The Balaban J connectivity index is 1.47. The van der Waals surface area contributed by atoms with Crippen molar-refractivity contribution in [2.24, 2.45) is 0 Å². The molecule has 144 valence electrons. The van der Waals surface area contributed by atoms with Crippen molar-refractivity contribution in [2.75, 3.05) is 31.1 Å². The Bertz CT molecular complexity index is 819. The van der Waals surface area contributed by atoms with E-state index < -0.39 is 6.10 Å². The summed E-state index contributed by atoms with van der Waals surface area (Å²) in [5.41, 5.74) is 2.63. The van der Waals surface area contributed by atoms with Crippen LogP contribution in [-0.2, 0) is 17.9 Å². The van der Waals surface area contributed by atoms with Crippen molar-refractivity contribution in [3.8, 4) is 5.75 Å². The van der Waals surface area contributed by atoms with Gasteiger partial charge < -0.3 is 14.7 Å². The number of anilines is 1. The molecule has 0 saturated heterocycles. The van der Waals surface area contributed by atoms with E-state index in [4.69, 9.17) is 4.74 Å². The predicted molar refractivity (Wildman–Crippen MR) is 102 cm³/mol. The number of nitrogens with zero attached hydrogens (tertiary/aromatic N) is 4. The first-order valence-electron chi connectivity index (χ1n) is 9.65. The Labute approximate surface area is 159 Å². The van der Waals surface area contributed by atoms with Gasteiger partial charge in [-0.05, 0) is 31.0 Å². The van der Waals surface area contributed by atoms with E-state index in [-0.39, 0.29) is 5.91 Å². The third-order valence-corrected chi connectivity index (χ3v) is 5.23. The smallest absolute Gasteiger partial charge is 0.241 e. The van der Waals surface area contributed by atoms with Crippen LogP contribution in [0.1, 0.15) is 37.3 Å². The van der Waals surface area contributed by atoms with Crippen LogP contribution in [0.15, 0.2) is 30.3 Å². The number of rotatable bonds is 4. The Morgan fingerprint density at radius 2 is 2.15 bits per heavy atom. The summed E-state index contributed by atoms with van der Waals surface area (Å²) in [5, 5.41) is 14.6. The van der Waals surface area contributed by atoms with Gasteiger partial charge in [0.15, 0.2) is 0 Å². The SMILES string of the molecule is CC[C@@H](O)c1cc2n(n1)CCCN(CC(=O)N1CCOc3ccccc31)C2. The quantitative estimate of drug-likeness (QED) is 0.891. The lowest BCUT2D eigenvalue weighted by molar-refractivity contribution is -0.120. The first-order valence-corrected chi connectivity index (χ1v) is 9.65. The summed E-state index contributed by atoms with van der Waals surface area (Å²) in [6, 6.07) is 9.66. The Morgan fingerprint density at radius 1 is 1.30 bits per heavy atom. The molecule has 1 N–H and O–H groups in total. The summed E-state index contributed by atoms with van der Waals surface area (Å²) in [6.45, 7) is 5.75. The molecule has 0 bridgehead atoms. The number of aryl methyl sites for hydroxylation is 1. The van der Waals surface area contributed by atoms with Crippen LogP contribution in [0.5, 0.6) is 5.75 Å². The van der Waals surface area contributed by atoms with Crippen LogP contribution in [0.25, 0.3) is 0 Å². The summed E-state index contributed by atoms with van der Waals surface area (Å²) in [5.74, 6) is 0.858. The van der Waals surface area contributed by atoms with Crippen LogP contribution in [-0.4, -0.2) is 51.9 Å². The molecule has 0 radical (unpaired) electrons. The van der Waals surface area contributed by atoms with Crippen molar-refractivity contribution in [1.29, 1.82) is 0 Å². The number of para-hydroxylation sites is 2. The zero-order valence-corrected chi connectivity index (χ0v) is 15.7. The molecule has 1 aromatic carbocycles. The molecule has 3 heterocycles. The number of carbonyl (C=O) groups is 1. The van der Waals surface area contributed by atoms with Crippen LogP contribution in [0.4, 0.5) is 5.69 Å². The second kappa shape index (κ2) is 7.70. The fourth-order valence-corrected chi connectivity index (χ4v) is 3.76. The molecule has 1 aromatic heterocycles. The first kappa shape index (κ1) is 18.0. The lowest BCUT2D eigenvalue weighted by Gasteiger charge is -2.31. The van der Waals surface area contributed by atoms with Gasteiger partial charge in [-0.1, -0.05) is 19.1 Å². The topological polar surface area (TPSA) is 70.8 Å². The van der Waals surface area contributed by atoms with Crippen LogP contribution in [0.3, 0.4) is 0 Å². The Morgan fingerprint density at radius 3 is 3.00 bits per heavy atom. The fraction of sp³-hybridized carbons (Fsp3) is 0.500. The fourth-order valence-electron chi connectivity index (χ4n) is 3.76. The number of carbonyl (C=O) groups excluding carboxylic acids is 1. The zero-order valence-electron chi connectivity index (χ0n) is 15.7. The van der Waals surface area contributed by atoms with E-state index >= 15 is 0 Å². The van der Waals surface area contributed by atoms with E-state index in [0.717, 1.165) is 42.3 Å². The van der Waals surface area contributed by atoms with Crippen molar-refractivity contribution in [3.63, 3.8) is 0 Å². The van der Waals surface area contributed by atoms with E-state index in [1.807, 2.05) is 46.8 Å². The van der Waals surface area contributed by atoms with Gasteiger partial charge in [-0.2, -0.15) is 5.10 Å².